The van der Waals surface area contributed by atoms with Crippen LogP contribution in [-0.4, -0.2) is 10.2 Å². The predicted octanol–water partition coefficient (Wildman–Crippen LogP) is 2.86. The SMILES string of the molecule is CC1(C2c3ccc(O)cc32)c2ccc(O)cc21. The molecule has 2 nitrogen and oxygen atoms in total. The van der Waals surface area contributed by atoms with Crippen molar-refractivity contribution >= 4 is 0 Å². The first-order chi connectivity index (χ1) is 8.12. The Balaban J connectivity index is 1.77. The molecule has 0 spiro atoms. The highest BCUT2D eigenvalue weighted by Gasteiger charge is 2.59. The van der Waals surface area contributed by atoms with Gasteiger partial charge in [-0.1, -0.05) is 19.1 Å². The van der Waals surface area contributed by atoms with E-state index in [1.807, 2.05) is 24.3 Å². The maximum atomic E-state index is 9.50. The van der Waals surface area contributed by atoms with Gasteiger partial charge in [0.15, 0.2) is 0 Å². The Morgan fingerprint density at radius 1 is 0.882 bits per heavy atom. The highest BCUT2D eigenvalue weighted by atomic mass is 16.3. The van der Waals surface area contributed by atoms with Crippen LogP contribution in [0.25, 0.3) is 0 Å². The summed E-state index contributed by atoms with van der Waals surface area (Å²) in [6.07, 6.45) is 0. The van der Waals surface area contributed by atoms with Gasteiger partial charge < -0.3 is 10.2 Å². The van der Waals surface area contributed by atoms with Crippen LogP contribution in [0.2, 0.25) is 0 Å². The molecule has 2 N–H and O–H groups in total. The van der Waals surface area contributed by atoms with Crippen molar-refractivity contribution in [3.8, 4) is 11.5 Å². The van der Waals surface area contributed by atoms with Gasteiger partial charge in [0, 0.05) is 11.3 Å². The molecule has 2 aliphatic carbocycles. The Labute approximate surface area is 99.2 Å². The molecular weight excluding hydrogens is 212 g/mol. The highest BCUT2D eigenvalue weighted by molar-refractivity contribution is 5.72. The van der Waals surface area contributed by atoms with Gasteiger partial charge in [-0.25, -0.2) is 0 Å². The molecule has 2 unspecified atom stereocenters. The number of aromatic hydroxyl groups is 2. The minimum absolute atomic E-state index is 0.0388. The zero-order valence-electron chi connectivity index (χ0n) is 9.44. The summed E-state index contributed by atoms with van der Waals surface area (Å²) in [7, 11) is 0. The standard InChI is InChI=1S/C15H12O2/c1-15(12-5-3-9(17)7-13(12)15)14-10-4-2-8(16)6-11(10)14/h2-7,14,16-17H,1H3. The molecule has 2 atom stereocenters. The van der Waals surface area contributed by atoms with E-state index in [9.17, 15) is 10.2 Å². The third-order valence-electron chi connectivity index (χ3n) is 4.25. The molecule has 0 saturated heterocycles. The first-order valence-corrected chi connectivity index (χ1v) is 5.79. The second-order valence-electron chi connectivity index (χ2n) is 5.18. The number of benzene rings is 2. The van der Waals surface area contributed by atoms with E-state index in [4.69, 9.17) is 0 Å². The summed E-state index contributed by atoms with van der Waals surface area (Å²) in [6, 6.07) is 11.2. The molecule has 2 aliphatic rings. The molecule has 0 fully saturated rings. The molecule has 2 heteroatoms. The first kappa shape index (κ1) is 9.11. The fraction of sp³-hybridized carbons (Fsp3) is 0.200. The van der Waals surface area contributed by atoms with Crippen LogP contribution < -0.4 is 0 Å². The van der Waals surface area contributed by atoms with Gasteiger partial charge in [0.05, 0.1) is 0 Å². The average molecular weight is 224 g/mol. The summed E-state index contributed by atoms with van der Waals surface area (Å²) < 4.78 is 0. The van der Waals surface area contributed by atoms with Crippen LogP contribution in [0.1, 0.15) is 35.1 Å². The largest absolute Gasteiger partial charge is 0.508 e. The fourth-order valence-electron chi connectivity index (χ4n) is 3.23. The van der Waals surface area contributed by atoms with Crippen LogP contribution in [0, 0.1) is 0 Å². The van der Waals surface area contributed by atoms with Gasteiger partial charge in [-0.15, -0.1) is 0 Å². The third kappa shape index (κ3) is 0.960. The number of rotatable bonds is 1. The molecule has 0 aromatic heterocycles. The highest BCUT2D eigenvalue weighted by Crippen LogP contribution is 2.67. The van der Waals surface area contributed by atoms with Crippen molar-refractivity contribution in [3.05, 3.63) is 58.7 Å². The van der Waals surface area contributed by atoms with Crippen molar-refractivity contribution in [1.29, 1.82) is 0 Å². The molecule has 0 heterocycles. The maximum Gasteiger partial charge on any atom is 0.115 e. The van der Waals surface area contributed by atoms with Crippen LogP contribution in [0.3, 0.4) is 0 Å². The van der Waals surface area contributed by atoms with Crippen molar-refractivity contribution in [1.82, 2.24) is 0 Å². The van der Waals surface area contributed by atoms with Gasteiger partial charge in [0.1, 0.15) is 11.5 Å². The molecule has 4 rings (SSSR count). The van der Waals surface area contributed by atoms with Crippen LogP contribution in [-0.2, 0) is 5.41 Å². The Kier molecular flexibility index (Phi) is 1.33. The fourth-order valence-corrected chi connectivity index (χ4v) is 3.23. The Morgan fingerprint density at radius 2 is 1.59 bits per heavy atom. The minimum atomic E-state index is 0.0388. The second-order valence-corrected chi connectivity index (χ2v) is 5.18. The molecule has 0 saturated carbocycles. The van der Waals surface area contributed by atoms with Gasteiger partial charge in [-0.3, -0.25) is 0 Å². The second kappa shape index (κ2) is 2.48. The lowest BCUT2D eigenvalue weighted by Gasteiger charge is -2.06. The van der Waals surface area contributed by atoms with Gasteiger partial charge in [-0.2, -0.15) is 0 Å². The van der Waals surface area contributed by atoms with E-state index in [1.54, 1.807) is 12.1 Å². The number of phenols is 2. The Morgan fingerprint density at radius 3 is 2.29 bits per heavy atom. The lowest BCUT2D eigenvalue weighted by molar-refractivity contribution is 0.474. The maximum absolute atomic E-state index is 9.50. The minimum Gasteiger partial charge on any atom is -0.508 e. The van der Waals surface area contributed by atoms with E-state index in [0.29, 0.717) is 17.4 Å². The van der Waals surface area contributed by atoms with Crippen molar-refractivity contribution < 1.29 is 10.2 Å². The van der Waals surface area contributed by atoms with E-state index in [-0.39, 0.29) is 5.41 Å². The average Bonchev–Trinajstić information content (AvgIpc) is 3.14. The third-order valence-corrected chi connectivity index (χ3v) is 4.25. The smallest absolute Gasteiger partial charge is 0.115 e. The van der Waals surface area contributed by atoms with Crippen LogP contribution >= 0.6 is 0 Å². The quantitative estimate of drug-likeness (QED) is 0.782. The molecule has 0 bridgehead atoms. The topological polar surface area (TPSA) is 40.5 Å². The van der Waals surface area contributed by atoms with Gasteiger partial charge >= 0.3 is 0 Å². The predicted molar refractivity (Wildman–Crippen MR) is 64.5 cm³/mol. The Hall–Kier alpha value is -1.96. The van der Waals surface area contributed by atoms with E-state index in [1.165, 1.54) is 22.3 Å². The monoisotopic (exact) mass is 224 g/mol. The molecular formula is C15H12O2. The number of fused-ring (bicyclic) bond motifs is 2. The van der Waals surface area contributed by atoms with E-state index in [0.717, 1.165) is 0 Å². The summed E-state index contributed by atoms with van der Waals surface area (Å²) in [5.41, 5.74) is 5.15. The van der Waals surface area contributed by atoms with Crippen LogP contribution in [0.4, 0.5) is 0 Å². The van der Waals surface area contributed by atoms with Crippen molar-refractivity contribution in [3.63, 3.8) is 0 Å². The lowest BCUT2D eigenvalue weighted by atomic mass is 9.95. The van der Waals surface area contributed by atoms with E-state index < -0.39 is 0 Å². The van der Waals surface area contributed by atoms with Crippen molar-refractivity contribution in [2.75, 3.05) is 0 Å². The van der Waals surface area contributed by atoms with Gasteiger partial charge in [-0.05, 0) is 46.5 Å². The Bertz CT molecular complexity index is 660. The molecule has 84 valence electrons. The molecule has 2 aromatic rings. The molecule has 0 amide bonds. The van der Waals surface area contributed by atoms with Crippen LogP contribution in [0.15, 0.2) is 36.4 Å². The van der Waals surface area contributed by atoms with Gasteiger partial charge in [0.25, 0.3) is 0 Å². The summed E-state index contributed by atoms with van der Waals surface area (Å²) in [4.78, 5) is 0. The molecule has 2 aromatic carbocycles. The van der Waals surface area contributed by atoms with Gasteiger partial charge in [0.2, 0.25) is 0 Å². The van der Waals surface area contributed by atoms with Crippen molar-refractivity contribution in [2.24, 2.45) is 0 Å². The van der Waals surface area contributed by atoms with E-state index in [2.05, 4.69) is 6.92 Å². The summed E-state index contributed by atoms with van der Waals surface area (Å²) in [6.45, 7) is 2.21. The number of phenolic OH excluding ortho intramolecular Hbond substituents is 2. The normalized spacial score (nSPS) is 27.2. The zero-order valence-corrected chi connectivity index (χ0v) is 9.44. The lowest BCUT2D eigenvalue weighted by Crippen LogP contribution is -2.03. The van der Waals surface area contributed by atoms with E-state index >= 15 is 0 Å². The van der Waals surface area contributed by atoms with Crippen molar-refractivity contribution in [2.45, 2.75) is 18.3 Å². The molecule has 0 radical (unpaired) electrons. The van der Waals surface area contributed by atoms with Crippen LogP contribution in [0.5, 0.6) is 11.5 Å². The summed E-state index contributed by atoms with van der Waals surface area (Å²) in [5.74, 6) is 1.06. The zero-order chi connectivity index (χ0) is 11.8. The first-order valence-electron chi connectivity index (χ1n) is 5.79. The summed E-state index contributed by atoms with van der Waals surface area (Å²) >= 11 is 0. The summed E-state index contributed by atoms with van der Waals surface area (Å²) in [5, 5.41) is 19.0. The molecule has 17 heavy (non-hydrogen) atoms. The number of hydrogen-bond acceptors (Lipinski definition) is 2. The number of hydrogen-bond donors (Lipinski definition) is 2. The molecule has 0 aliphatic heterocycles.